The maximum atomic E-state index is 13.4. The molecule has 1 atom stereocenters. The van der Waals surface area contributed by atoms with Gasteiger partial charge in [0.05, 0.1) is 35.2 Å². The van der Waals surface area contributed by atoms with Crippen molar-refractivity contribution in [3.05, 3.63) is 74.9 Å². The first-order valence-corrected chi connectivity index (χ1v) is 11.1. The number of ether oxygens (including phenoxy) is 1. The second kappa shape index (κ2) is 8.17. The lowest BCUT2D eigenvalue weighted by molar-refractivity contribution is -0.118. The van der Waals surface area contributed by atoms with Gasteiger partial charge in [-0.25, -0.2) is 5.01 Å². The molecule has 32 heavy (non-hydrogen) atoms. The Morgan fingerprint density at radius 3 is 2.75 bits per heavy atom. The maximum absolute atomic E-state index is 13.4. The smallest absolute Gasteiger partial charge is 0.280 e. The molecule has 1 aromatic carbocycles. The molecule has 3 N–H and O–H groups in total. The monoisotopic (exact) mass is 448 g/mol. The maximum Gasteiger partial charge on any atom is 0.280 e. The molecule has 0 radical (unpaired) electrons. The van der Waals surface area contributed by atoms with E-state index in [0.717, 1.165) is 5.56 Å². The molecule has 4 rings (SSSR count). The third-order valence-corrected chi connectivity index (χ3v) is 6.64. The van der Waals surface area contributed by atoms with Gasteiger partial charge in [-0.05, 0) is 41.0 Å². The van der Waals surface area contributed by atoms with Crippen LogP contribution in [0.5, 0.6) is 5.75 Å². The number of carbonyl (C=O) groups is 2. The number of allylic oxidation sites excluding steroid dienone is 3. The van der Waals surface area contributed by atoms with Crippen LogP contribution in [0, 0.1) is 16.7 Å². The fourth-order valence-corrected chi connectivity index (χ4v) is 4.97. The number of nitrogens with two attached hydrogens (primary N) is 1. The molecule has 2 aliphatic rings. The summed E-state index contributed by atoms with van der Waals surface area (Å²) in [6, 6.07) is 13.0. The standard InChI is InChI=1S/C24H24N4O3S/c1-24(2)11-17-21(18(29)12-24)20(14-6-4-7-15(10-14)31-3)16(13-25)22(26)28(17)27-23(30)19-8-5-9-32-19/h4-10,20H,11-12,26H2,1-3H3,(H,27,30). The summed E-state index contributed by atoms with van der Waals surface area (Å²) in [7, 11) is 1.57. The number of nitrogens with zero attached hydrogens (tertiary/aromatic N) is 2. The summed E-state index contributed by atoms with van der Waals surface area (Å²) in [5.74, 6) is -0.280. The summed E-state index contributed by atoms with van der Waals surface area (Å²) in [6.45, 7) is 4.02. The van der Waals surface area contributed by atoms with Gasteiger partial charge in [-0.1, -0.05) is 32.0 Å². The van der Waals surface area contributed by atoms with E-state index in [1.54, 1.807) is 25.3 Å². The van der Waals surface area contributed by atoms with Crippen LogP contribution >= 0.6 is 11.3 Å². The van der Waals surface area contributed by atoms with E-state index < -0.39 is 5.92 Å². The van der Waals surface area contributed by atoms with Gasteiger partial charge in [0.15, 0.2) is 5.78 Å². The highest BCUT2D eigenvalue weighted by atomic mass is 32.1. The van der Waals surface area contributed by atoms with Gasteiger partial charge >= 0.3 is 0 Å². The third-order valence-electron chi connectivity index (χ3n) is 5.77. The van der Waals surface area contributed by atoms with Crippen LogP contribution in [-0.4, -0.2) is 23.8 Å². The van der Waals surface area contributed by atoms with Crippen molar-refractivity contribution < 1.29 is 14.3 Å². The summed E-state index contributed by atoms with van der Waals surface area (Å²) in [4.78, 5) is 26.8. The molecule has 1 aromatic heterocycles. The summed E-state index contributed by atoms with van der Waals surface area (Å²) in [5.41, 5.74) is 11.1. The number of amides is 1. The number of thiophene rings is 1. The Morgan fingerprint density at radius 2 is 2.09 bits per heavy atom. The minimum Gasteiger partial charge on any atom is -0.497 e. The molecule has 1 amide bonds. The minimum atomic E-state index is -0.622. The molecule has 7 nitrogen and oxygen atoms in total. The number of hydrazine groups is 1. The molecule has 2 heterocycles. The Morgan fingerprint density at radius 1 is 1.31 bits per heavy atom. The molecular formula is C24H24N4O3S. The van der Waals surface area contributed by atoms with Crippen LogP contribution in [0.15, 0.2) is 64.4 Å². The molecule has 8 heteroatoms. The summed E-state index contributed by atoms with van der Waals surface area (Å²) >= 11 is 1.30. The average molecular weight is 449 g/mol. The van der Waals surface area contributed by atoms with Crippen LogP contribution < -0.4 is 15.9 Å². The quantitative estimate of drug-likeness (QED) is 0.736. The number of rotatable bonds is 4. The largest absolute Gasteiger partial charge is 0.497 e. The molecule has 1 unspecified atom stereocenters. The van der Waals surface area contributed by atoms with Crippen LogP contribution in [0.25, 0.3) is 0 Å². The third kappa shape index (κ3) is 3.76. The SMILES string of the molecule is COc1cccc(C2C(C#N)=C(N)N(NC(=O)c3cccs3)C3=C2C(=O)CC(C)(C)C3)c1. The molecule has 0 fully saturated rings. The van der Waals surface area contributed by atoms with Crippen molar-refractivity contribution in [3.63, 3.8) is 0 Å². The normalized spacial score (nSPS) is 20.0. The number of ketones is 1. The molecule has 0 saturated carbocycles. The highest BCUT2D eigenvalue weighted by molar-refractivity contribution is 7.12. The summed E-state index contributed by atoms with van der Waals surface area (Å²) < 4.78 is 5.35. The Bertz CT molecular complexity index is 1190. The van der Waals surface area contributed by atoms with Crippen molar-refractivity contribution >= 4 is 23.0 Å². The van der Waals surface area contributed by atoms with E-state index in [9.17, 15) is 14.9 Å². The molecular weight excluding hydrogens is 424 g/mol. The number of nitrogens with one attached hydrogen (secondary N) is 1. The lowest BCUT2D eigenvalue weighted by Crippen LogP contribution is -2.49. The number of benzene rings is 1. The first-order valence-electron chi connectivity index (χ1n) is 10.2. The predicted molar refractivity (Wildman–Crippen MR) is 121 cm³/mol. The van der Waals surface area contributed by atoms with Crippen LogP contribution in [0.4, 0.5) is 0 Å². The number of methoxy groups -OCH3 is 1. The van der Waals surface area contributed by atoms with Gasteiger partial charge in [-0.3, -0.25) is 15.0 Å². The van der Waals surface area contributed by atoms with Gasteiger partial charge in [0, 0.05) is 12.0 Å². The van der Waals surface area contributed by atoms with Gasteiger partial charge in [0.2, 0.25) is 0 Å². The summed E-state index contributed by atoms with van der Waals surface area (Å²) in [5, 5.41) is 13.3. The van der Waals surface area contributed by atoms with Gasteiger partial charge in [0.25, 0.3) is 5.91 Å². The first kappa shape index (κ1) is 21.7. The topological polar surface area (TPSA) is 108 Å². The minimum absolute atomic E-state index is 0.0558. The fourth-order valence-electron chi connectivity index (χ4n) is 4.36. The molecule has 1 aliphatic heterocycles. The van der Waals surface area contributed by atoms with Crippen molar-refractivity contribution in [2.24, 2.45) is 11.1 Å². The first-order chi connectivity index (χ1) is 15.3. The number of carbonyl (C=O) groups excluding carboxylic acids is 2. The van der Waals surface area contributed by atoms with Crippen molar-refractivity contribution in [2.75, 3.05) is 7.11 Å². The zero-order chi connectivity index (χ0) is 23.0. The van der Waals surface area contributed by atoms with Gasteiger partial charge < -0.3 is 10.5 Å². The molecule has 164 valence electrons. The summed E-state index contributed by atoms with van der Waals surface area (Å²) in [6.07, 6.45) is 0.871. The van der Waals surface area contributed by atoms with Crippen molar-refractivity contribution in [1.82, 2.24) is 10.4 Å². The van der Waals surface area contributed by atoms with Crippen LogP contribution in [0.2, 0.25) is 0 Å². The number of hydrogen-bond donors (Lipinski definition) is 2. The molecule has 0 bridgehead atoms. The fraction of sp³-hybridized carbons (Fsp3) is 0.292. The van der Waals surface area contributed by atoms with E-state index in [1.807, 2.05) is 37.4 Å². The molecule has 2 aromatic rings. The van der Waals surface area contributed by atoms with Gasteiger partial charge in [-0.15, -0.1) is 11.3 Å². The van der Waals surface area contributed by atoms with E-state index in [1.165, 1.54) is 16.3 Å². The van der Waals surface area contributed by atoms with Gasteiger partial charge in [-0.2, -0.15) is 5.26 Å². The highest BCUT2D eigenvalue weighted by Crippen LogP contribution is 2.48. The highest BCUT2D eigenvalue weighted by Gasteiger charge is 2.45. The zero-order valence-electron chi connectivity index (χ0n) is 18.1. The number of Topliss-reactive ketones (excluding diaryl/α,β-unsaturated/α-hetero) is 1. The van der Waals surface area contributed by atoms with Crippen LogP contribution in [0.3, 0.4) is 0 Å². The van der Waals surface area contributed by atoms with Crippen molar-refractivity contribution in [1.29, 1.82) is 5.26 Å². The van der Waals surface area contributed by atoms with Crippen LogP contribution in [0.1, 0.15) is 47.8 Å². The molecule has 0 spiro atoms. The second-order valence-electron chi connectivity index (χ2n) is 8.68. The molecule has 0 saturated heterocycles. The van der Waals surface area contributed by atoms with Crippen molar-refractivity contribution in [2.45, 2.75) is 32.6 Å². The van der Waals surface area contributed by atoms with Crippen LogP contribution in [-0.2, 0) is 4.79 Å². The van der Waals surface area contributed by atoms with E-state index in [4.69, 9.17) is 10.5 Å². The van der Waals surface area contributed by atoms with E-state index >= 15 is 0 Å². The Labute approximate surface area is 190 Å². The molecule has 1 aliphatic carbocycles. The lowest BCUT2D eigenvalue weighted by Gasteiger charge is -2.43. The van der Waals surface area contributed by atoms with E-state index in [2.05, 4.69) is 11.5 Å². The Hall–Kier alpha value is -3.57. The number of hydrogen-bond acceptors (Lipinski definition) is 7. The zero-order valence-corrected chi connectivity index (χ0v) is 19.0. The van der Waals surface area contributed by atoms with E-state index in [-0.39, 0.29) is 28.5 Å². The second-order valence-corrected chi connectivity index (χ2v) is 9.62. The predicted octanol–water partition coefficient (Wildman–Crippen LogP) is 3.84. The van der Waals surface area contributed by atoms with E-state index in [0.29, 0.717) is 34.7 Å². The number of nitriles is 1. The van der Waals surface area contributed by atoms with Gasteiger partial charge in [0.1, 0.15) is 11.6 Å². The Kier molecular flexibility index (Phi) is 5.53. The lowest BCUT2D eigenvalue weighted by atomic mass is 9.69. The average Bonchev–Trinajstić information content (AvgIpc) is 3.29. The Balaban J connectivity index is 1.88. The van der Waals surface area contributed by atoms with Crippen molar-refractivity contribution in [3.8, 4) is 11.8 Å².